The molecule has 1 rings (SSSR count). The van der Waals surface area contributed by atoms with Crippen LogP contribution in [-0.2, 0) is 4.79 Å². The third-order valence-electron chi connectivity index (χ3n) is 2.30. The Kier molecular flexibility index (Phi) is 6.37. The van der Waals surface area contributed by atoms with Crippen LogP contribution >= 0.6 is 0 Å². The zero-order valence-corrected chi connectivity index (χ0v) is 12.9. The smallest absolute Gasteiger partial charge is 0.406 e. The molecule has 0 spiro atoms. The lowest BCUT2D eigenvalue weighted by Crippen LogP contribution is -2.34. The van der Waals surface area contributed by atoms with E-state index in [4.69, 9.17) is 9.47 Å². The van der Waals surface area contributed by atoms with Gasteiger partial charge in [-0.15, -0.1) is 0 Å². The van der Waals surface area contributed by atoms with E-state index in [0.717, 1.165) is 0 Å². The van der Waals surface area contributed by atoms with Crippen LogP contribution in [0.4, 0.5) is 9.59 Å². The SMILES string of the molecule is CC(C)NC(=O)Oc1cccc([C]=O)c1OC(=O)NC(C)C. The van der Waals surface area contributed by atoms with Crippen LogP contribution in [0.3, 0.4) is 0 Å². The van der Waals surface area contributed by atoms with E-state index in [1.165, 1.54) is 18.2 Å². The van der Waals surface area contributed by atoms with Crippen molar-refractivity contribution in [2.24, 2.45) is 0 Å². The largest absolute Gasteiger partial charge is 0.412 e. The van der Waals surface area contributed by atoms with E-state index < -0.39 is 12.2 Å². The van der Waals surface area contributed by atoms with Crippen LogP contribution < -0.4 is 20.1 Å². The highest BCUT2D eigenvalue weighted by atomic mass is 16.6. The number of carbonyl (C=O) groups is 2. The lowest BCUT2D eigenvalue weighted by Gasteiger charge is -2.14. The molecule has 0 aliphatic rings. The summed E-state index contributed by atoms with van der Waals surface area (Å²) < 4.78 is 10.1. The molecule has 2 N–H and O–H groups in total. The van der Waals surface area contributed by atoms with Crippen molar-refractivity contribution in [1.29, 1.82) is 0 Å². The van der Waals surface area contributed by atoms with Gasteiger partial charge >= 0.3 is 12.2 Å². The zero-order valence-electron chi connectivity index (χ0n) is 12.9. The Balaban J connectivity index is 2.99. The van der Waals surface area contributed by atoms with E-state index >= 15 is 0 Å². The highest BCUT2D eigenvalue weighted by molar-refractivity contribution is 5.85. The molecule has 0 aliphatic carbocycles. The molecule has 1 aromatic carbocycles. The van der Waals surface area contributed by atoms with Crippen molar-refractivity contribution in [3.8, 4) is 11.5 Å². The molecule has 1 radical (unpaired) electrons. The third-order valence-corrected chi connectivity index (χ3v) is 2.30. The molecule has 22 heavy (non-hydrogen) atoms. The van der Waals surface area contributed by atoms with Gasteiger partial charge in [0.05, 0.1) is 5.56 Å². The van der Waals surface area contributed by atoms with Gasteiger partial charge in [-0.3, -0.25) is 4.79 Å². The summed E-state index contributed by atoms with van der Waals surface area (Å²) in [5.41, 5.74) is -0.0197. The highest BCUT2D eigenvalue weighted by Crippen LogP contribution is 2.30. The molecule has 7 nitrogen and oxygen atoms in total. The lowest BCUT2D eigenvalue weighted by molar-refractivity contribution is 0.186. The number of amides is 2. The van der Waals surface area contributed by atoms with E-state index in [9.17, 15) is 14.4 Å². The van der Waals surface area contributed by atoms with Crippen LogP contribution in [0.2, 0.25) is 0 Å². The monoisotopic (exact) mass is 307 g/mol. The van der Waals surface area contributed by atoms with Crippen LogP contribution in [0.1, 0.15) is 33.3 Å². The second-order valence-electron chi connectivity index (χ2n) is 5.11. The number of benzene rings is 1. The number of hydrogen-bond donors (Lipinski definition) is 2. The minimum absolute atomic E-state index is 0.0197. The predicted octanol–water partition coefficient (Wildman–Crippen LogP) is 2.14. The molecule has 0 unspecified atom stereocenters. The van der Waals surface area contributed by atoms with Crippen molar-refractivity contribution in [3.63, 3.8) is 0 Å². The molecular formula is C15H19N2O5. The maximum absolute atomic E-state index is 11.7. The molecule has 2 amide bonds. The van der Waals surface area contributed by atoms with Gasteiger partial charge in [0.1, 0.15) is 0 Å². The molecule has 0 saturated carbocycles. The second kappa shape index (κ2) is 8.02. The summed E-state index contributed by atoms with van der Waals surface area (Å²) in [5.74, 6) is -0.201. The van der Waals surface area contributed by atoms with Crippen molar-refractivity contribution in [2.75, 3.05) is 0 Å². The molecule has 0 bridgehead atoms. The standard InChI is InChI=1S/C15H19N2O5/c1-9(2)16-14(19)21-12-7-5-6-11(8-18)13(12)22-15(20)17-10(3)4/h5-7,9-10H,1-4H3,(H,16,19)(H,17,20). The number of hydrogen-bond acceptors (Lipinski definition) is 5. The Morgan fingerprint density at radius 1 is 1.00 bits per heavy atom. The number of carbonyl (C=O) groups excluding carboxylic acids is 3. The van der Waals surface area contributed by atoms with Crippen LogP contribution in [0.25, 0.3) is 0 Å². The van der Waals surface area contributed by atoms with Crippen molar-refractivity contribution in [3.05, 3.63) is 23.8 Å². The molecule has 0 fully saturated rings. The Bertz CT molecular complexity index is 555. The van der Waals surface area contributed by atoms with Crippen LogP contribution in [0.5, 0.6) is 11.5 Å². The van der Waals surface area contributed by atoms with Crippen molar-refractivity contribution in [2.45, 2.75) is 39.8 Å². The van der Waals surface area contributed by atoms with Crippen molar-refractivity contribution >= 4 is 18.5 Å². The first-order valence-electron chi connectivity index (χ1n) is 6.81. The molecule has 7 heteroatoms. The van der Waals surface area contributed by atoms with Gasteiger partial charge in [0.25, 0.3) is 0 Å². The normalized spacial score (nSPS) is 10.3. The highest BCUT2D eigenvalue weighted by Gasteiger charge is 2.18. The summed E-state index contributed by atoms with van der Waals surface area (Å²) >= 11 is 0. The van der Waals surface area contributed by atoms with Crippen LogP contribution in [-0.4, -0.2) is 30.6 Å². The Morgan fingerprint density at radius 2 is 1.55 bits per heavy atom. The van der Waals surface area contributed by atoms with E-state index in [-0.39, 0.29) is 29.1 Å². The Labute approximate surface area is 129 Å². The zero-order chi connectivity index (χ0) is 16.7. The molecule has 0 atom stereocenters. The topological polar surface area (TPSA) is 93.7 Å². The fraction of sp³-hybridized carbons (Fsp3) is 0.400. The Morgan fingerprint density at radius 3 is 2.05 bits per heavy atom. The van der Waals surface area contributed by atoms with Crippen molar-refractivity contribution in [1.82, 2.24) is 10.6 Å². The van der Waals surface area contributed by atoms with Gasteiger partial charge in [0.2, 0.25) is 6.29 Å². The fourth-order valence-corrected chi connectivity index (χ4v) is 1.50. The van der Waals surface area contributed by atoms with Gasteiger partial charge in [-0.05, 0) is 39.8 Å². The molecule has 0 aromatic heterocycles. The lowest BCUT2D eigenvalue weighted by atomic mass is 10.2. The van der Waals surface area contributed by atoms with Gasteiger partial charge in [0.15, 0.2) is 11.5 Å². The van der Waals surface area contributed by atoms with Gasteiger partial charge in [0, 0.05) is 12.1 Å². The minimum atomic E-state index is -0.758. The first-order chi connectivity index (χ1) is 10.3. The number of ether oxygens (including phenoxy) is 2. The van der Waals surface area contributed by atoms with Crippen molar-refractivity contribution < 1.29 is 23.9 Å². The molecule has 1 aromatic rings. The minimum Gasteiger partial charge on any atom is -0.406 e. The number of rotatable bonds is 5. The quantitative estimate of drug-likeness (QED) is 0.869. The average molecular weight is 307 g/mol. The Hall–Kier alpha value is -2.57. The number of nitrogens with one attached hydrogen (secondary N) is 2. The molecule has 119 valence electrons. The molecule has 0 heterocycles. The maximum atomic E-state index is 11.7. The third kappa shape index (κ3) is 5.43. The fourth-order valence-electron chi connectivity index (χ4n) is 1.50. The molecule has 0 aliphatic heterocycles. The second-order valence-corrected chi connectivity index (χ2v) is 5.11. The number of para-hydroxylation sites is 1. The summed E-state index contributed by atoms with van der Waals surface area (Å²) in [6.45, 7) is 7.05. The van der Waals surface area contributed by atoms with E-state index in [0.29, 0.717) is 0 Å². The summed E-state index contributed by atoms with van der Waals surface area (Å²) in [4.78, 5) is 34.3. The molecule has 0 saturated heterocycles. The van der Waals surface area contributed by atoms with E-state index in [2.05, 4.69) is 10.6 Å². The summed E-state index contributed by atoms with van der Waals surface area (Å²) in [7, 11) is 0. The van der Waals surface area contributed by atoms with Crippen LogP contribution in [0.15, 0.2) is 18.2 Å². The van der Waals surface area contributed by atoms with Gasteiger partial charge in [-0.25, -0.2) is 9.59 Å². The average Bonchev–Trinajstić information content (AvgIpc) is 2.38. The maximum Gasteiger partial charge on any atom is 0.412 e. The van der Waals surface area contributed by atoms with E-state index in [1.807, 2.05) is 0 Å². The molecular weight excluding hydrogens is 288 g/mol. The van der Waals surface area contributed by atoms with Crippen LogP contribution in [0, 0.1) is 0 Å². The predicted molar refractivity (Wildman–Crippen MR) is 79.8 cm³/mol. The summed E-state index contributed by atoms with van der Waals surface area (Å²) in [6.07, 6.45) is 0.169. The van der Waals surface area contributed by atoms with Gasteiger partial charge in [-0.2, -0.15) is 0 Å². The summed E-state index contributed by atoms with van der Waals surface area (Å²) in [6, 6.07) is 4.04. The van der Waals surface area contributed by atoms with Gasteiger partial charge in [-0.1, -0.05) is 6.07 Å². The first kappa shape index (κ1) is 17.5. The van der Waals surface area contributed by atoms with E-state index in [1.54, 1.807) is 34.0 Å². The first-order valence-corrected chi connectivity index (χ1v) is 6.81. The van der Waals surface area contributed by atoms with Gasteiger partial charge < -0.3 is 20.1 Å². The summed E-state index contributed by atoms with van der Waals surface area (Å²) in [5, 5.41) is 5.03.